The molecule has 0 spiro atoms. The van der Waals surface area contributed by atoms with Crippen LogP contribution < -0.4 is 0 Å². The Morgan fingerprint density at radius 2 is 2.05 bits per heavy atom. The van der Waals surface area contributed by atoms with Crippen LogP contribution in [0.5, 0.6) is 0 Å². The Labute approximate surface area is 117 Å². The first-order chi connectivity index (χ1) is 9.36. The SMILES string of the molecule is Cc1nc(C(F)(F)F)ncc1CN1CCCC(C)CC1. The Morgan fingerprint density at radius 3 is 2.70 bits per heavy atom. The zero-order valence-corrected chi connectivity index (χ0v) is 11.9. The molecule has 2 heterocycles. The van der Waals surface area contributed by atoms with Gasteiger partial charge in [-0.15, -0.1) is 0 Å². The van der Waals surface area contributed by atoms with Gasteiger partial charge in [0.2, 0.25) is 5.82 Å². The monoisotopic (exact) mass is 287 g/mol. The van der Waals surface area contributed by atoms with Gasteiger partial charge >= 0.3 is 6.18 Å². The van der Waals surface area contributed by atoms with Gasteiger partial charge in [-0.2, -0.15) is 13.2 Å². The van der Waals surface area contributed by atoms with Crippen LogP contribution in [0, 0.1) is 12.8 Å². The van der Waals surface area contributed by atoms with Crippen molar-refractivity contribution in [1.82, 2.24) is 14.9 Å². The number of alkyl halides is 3. The molecule has 0 saturated carbocycles. The molecule has 0 amide bonds. The third-order valence-corrected chi connectivity index (χ3v) is 3.84. The summed E-state index contributed by atoms with van der Waals surface area (Å²) in [5.74, 6) is -0.326. The summed E-state index contributed by atoms with van der Waals surface area (Å²) in [6.45, 7) is 6.48. The van der Waals surface area contributed by atoms with Crippen molar-refractivity contribution in [3.05, 3.63) is 23.3 Å². The molecule has 112 valence electrons. The topological polar surface area (TPSA) is 29.0 Å². The number of aromatic nitrogens is 2. The van der Waals surface area contributed by atoms with Crippen molar-refractivity contribution in [2.45, 2.75) is 45.8 Å². The second kappa shape index (κ2) is 6.08. The maximum Gasteiger partial charge on any atom is 0.451 e. The lowest BCUT2D eigenvalue weighted by Gasteiger charge is -2.20. The molecular weight excluding hydrogens is 267 g/mol. The fourth-order valence-electron chi connectivity index (χ4n) is 2.51. The first-order valence-corrected chi connectivity index (χ1v) is 6.98. The minimum atomic E-state index is -4.47. The van der Waals surface area contributed by atoms with Crippen molar-refractivity contribution < 1.29 is 13.2 Å². The summed E-state index contributed by atoms with van der Waals surface area (Å²) < 4.78 is 37.6. The average molecular weight is 287 g/mol. The minimum Gasteiger partial charge on any atom is -0.299 e. The first kappa shape index (κ1) is 15.2. The van der Waals surface area contributed by atoms with Gasteiger partial charge in [0, 0.05) is 24.0 Å². The fourth-order valence-corrected chi connectivity index (χ4v) is 2.51. The normalized spacial score (nSPS) is 21.8. The van der Waals surface area contributed by atoms with E-state index in [-0.39, 0.29) is 0 Å². The molecule has 0 N–H and O–H groups in total. The summed E-state index contributed by atoms with van der Waals surface area (Å²) in [7, 11) is 0. The highest BCUT2D eigenvalue weighted by Crippen LogP contribution is 2.26. The minimum absolute atomic E-state index is 0.421. The lowest BCUT2D eigenvalue weighted by atomic mass is 10.0. The van der Waals surface area contributed by atoms with E-state index in [0.29, 0.717) is 12.2 Å². The van der Waals surface area contributed by atoms with Crippen LogP contribution in [0.3, 0.4) is 0 Å². The van der Waals surface area contributed by atoms with Gasteiger partial charge < -0.3 is 0 Å². The van der Waals surface area contributed by atoms with Gasteiger partial charge in [-0.25, -0.2) is 9.97 Å². The second-order valence-corrected chi connectivity index (χ2v) is 5.61. The first-order valence-electron chi connectivity index (χ1n) is 6.98. The van der Waals surface area contributed by atoms with Gasteiger partial charge in [-0.05, 0) is 45.2 Å². The van der Waals surface area contributed by atoms with E-state index in [1.807, 2.05) is 0 Å². The van der Waals surface area contributed by atoms with Crippen molar-refractivity contribution in [3.8, 4) is 0 Å². The van der Waals surface area contributed by atoms with E-state index < -0.39 is 12.0 Å². The van der Waals surface area contributed by atoms with Crippen LogP contribution in [0.1, 0.15) is 43.3 Å². The largest absolute Gasteiger partial charge is 0.451 e. The maximum absolute atomic E-state index is 12.5. The van der Waals surface area contributed by atoms with Crippen molar-refractivity contribution in [2.24, 2.45) is 5.92 Å². The zero-order valence-electron chi connectivity index (χ0n) is 11.9. The highest BCUT2D eigenvalue weighted by atomic mass is 19.4. The van der Waals surface area contributed by atoms with E-state index in [1.165, 1.54) is 12.6 Å². The highest BCUT2D eigenvalue weighted by molar-refractivity contribution is 5.17. The quantitative estimate of drug-likeness (QED) is 0.834. The third-order valence-electron chi connectivity index (χ3n) is 3.84. The molecule has 1 aliphatic heterocycles. The summed E-state index contributed by atoms with van der Waals surface area (Å²) in [4.78, 5) is 9.32. The Balaban J connectivity index is 2.06. The second-order valence-electron chi connectivity index (χ2n) is 5.61. The molecule has 0 radical (unpaired) electrons. The van der Waals surface area contributed by atoms with Gasteiger partial charge in [0.15, 0.2) is 0 Å². The van der Waals surface area contributed by atoms with Crippen LogP contribution in [0.25, 0.3) is 0 Å². The number of aryl methyl sites for hydroxylation is 1. The Hall–Kier alpha value is -1.17. The molecule has 20 heavy (non-hydrogen) atoms. The molecule has 6 heteroatoms. The molecular formula is C14H20F3N3. The Bertz CT molecular complexity index is 459. The molecule has 0 aliphatic carbocycles. The number of hydrogen-bond donors (Lipinski definition) is 0. The third kappa shape index (κ3) is 3.91. The van der Waals surface area contributed by atoms with Gasteiger partial charge in [-0.1, -0.05) is 6.92 Å². The van der Waals surface area contributed by atoms with Crippen LogP contribution in [-0.4, -0.2) is 28.0 Å². The molecule has 0 bridgehead atoms. The maximum atomic E-state index is 12.5. The van der Waals surface area contributed by atoms with E-state index in [0.717, 1.165) is 37.4 Å². The molecule has 3 nitrogen and oxygen atoms in total. The number of rotatable bonds is 2. The number of halogens is 3. The zero-order chi connectivity index (χ0) is 14.8. The van der Waals surface area contributed by atoms with Crippen LogP contribution in [-0.2, 0) is 12.7 Å². The molecule has 1 aromatic heterocycles. The average Bonchev–Trinajstić information content (AvgIpc) is 2.56. The van der Waals surface area contributed by atoms with Crippen molar-refractivity contribution >= 4 is 0 Å². The molecule has 0 aromatic carbocycles. The molecule has 1 unspecified atom stereocenters. The summed E-state index contributed by atoms with van der Waals surface area (Å²) in [5, 5.41) is 0. The van der Waals surface area contributed by atoms with Gasteiger partial charge in [0.05, 0.1) is 0 Å². The van der Waals surface area contributed by atoms with Crippen LogP contribution in [0.15, 0.2) is 6.20 Å². The van der Waals surface area contributed by atoms with Crippen LogP contribution >= 0.6 is 0 Å². The number of nitrogens with zero attached hydrogens (tertiary/aromatic N) is 3. The van der Waals surface area contributed by atoms with Crippen molar-refractivity contribution in [1.29, 1.82) is 0 Å². The Kier molecular flexibility index (Phi) is 4.62. The molecule has 1 aliphatic rings. The number of likely N-dealkylation sites (tertiary alicyclic amines) is 1. The lowest BCUT2D eigenvalue weighted by molar-refractivity contribution is -0.145. The molecule has 1 atom stereocenters. The van der Waals surface area contributed by atoms with Gasteiger partial charge in [0.1, 0.15) is 0 Å². The molecule has 1 saturated heterocycles. The van der Waals surface area contributed by atoms with Crippen LogP contribution in [0.4, 0.5) is 13.2 Å². The molecule has 1 fully saturated rings. The van der Waals surface area contributed by atoms with E-state index in [1.54, 1.807) is 6.92 Å². The Morgan fingerprint density at radius 1 is 1.30 bits per heavy atom. The summed E-state index contributed by atoms with van der Waals surface area (Å²) in [6, 6.07) is 0. The molecule has 1 aromatic rings. The summed E-state index contributed by atoms with van der Waals surface area (Å²) in [6.07, 6.45) is 0.349. The highest BCUT2D eigenvalue weighted by Gasteiger charge is 2.34. The van der Waals surface area contributed by atoms with Gasteiger partial charge in [-0.3, -0.25) is 4.90 Å². The van der Waals surface area contributed by atoms with E-state index >= 15 is 0 Å². The number of hydrogen-bond acceptors (Lipinski definition) is 3. The fraction of sp³-hybridized carbons (Fsp3) is 0.714. The van der Waals surface area contributed by atoms with Crippen molar-refractivity contribution in [3.63, 3.8) is 0 Å². The lowest BCUT2D eigenvalue weighted by Crippen LogP contribution is -2.25. The van der Waals surface area contributed by atoms with Crippen LogP contribution in [0.2, 0.25) is 0 Å². The van der Waals surface area contributed by atoms with E-state index in [9.17, 15) is 13.2 Å². The molecule has 2 rings (SSSR count). The smallest absolute Gasteiger partial charge is 0.299 e. The van der Waals surface area contributed by atoms with Crippen molar-refractivity contribution in [2.75, 3.05) is 13.1 Å². The van der Waals surface area contributed by atoms with Gasteiger partial charge in [0.25, 0.3) is 0 Å². The standard InChI is InChI=1S/C14H20F3N3/c1-10-4-3-6-20(7-5-10)9-12-8-18-13(14(15,16)17)19-11(12)2/h8,10H,3-7,9H2,1-2H3. The summed E-state index contributed by atoms with van der Waals surface area (Å²) >= 11 is 0. The van der Waals surface area contributed by atoms with E-state index in [4.69, 9.17) is 0 Å². The predicted molar refractivity (Wildman–Crippen MR) is 70.1 cm³/mol. The summed E-state index contributed by atoms with van der Waals surface area (Å²) in [5.41, 5.74) is 1.21. The van der Waals surface area contributed by atoms with E-state index in [2.05, 4.69) is 21.8 Å². The predicted octanol–water partition coefficient (Wildman–Crippen LogP) is 3.43.